The molecule has 1 aromatic carbocycles. The topological polar surface area (TPSA) is 39.9 Å². The Morgan fingerprint density at radius 2 is 2.10 bits per heavy atom. The lowest BCUT2D eigenvalue weighted by atomic mass is 9.98. The second-order valence-electron chi connectivity index (χ2n) is 6.40. The van der Waals surface area contributed by atoms with Crippen LogP contribution < -0.4 is 4.90 Å². The third-order valence-electron chi connectivity index (χ3n) is 4.14. The van der Waals surface area contributed by atoms with Crippen LogP contribution in [-0.4, -0.2) is 23.3 Å². The fourth-order valence-electron chi connectivity index (χ4n) is 2.73. The van der Waals surface area contributed by atoms with E-state index in [2.05, 4.69) is 55.9 Å². The molecular weight excluding hydrogens is 278 g/mol. The molecule has 2 heterocycles. The first-order chi connectivity index (χ1) is 9.93. The minimum Gasteiger partial charge on any atom is -0.368 e. The molecule has 0 bridgehead atoms. The van der Waals surface area contributed by atoms with E-state index >= 15 is 0 Å². The molecule has 1 aromatic heterocycles. The quantitative estimate of drug-likeness (QED) is 0.798. The maximum atomic E-state index is 9.52. The Bertz CT molecular complexity index is 753. The lowest BCUT2D eigenvalue weighted by molar-refractivity contribution is 0.539. The molecule has 0 atom stereocenters. The highest BCUT2D eigenvalue weighted by Gasteiger charge is 2.26. The van der Waals surface area contributed by atoms with Gasteiger partial charge in [0.2, 0.25) is 0 Å². The Morgan fingerprint density at radius 1 is 1.33 bits per heavy atom. The normalized spacial score (nSPS) is 14.0. The third kappa shape index (κ3) is 2.26. The van der Waals surface area contributed by atoms with Crippen LogP contribution >= 0.6 is 11.8 Å². The van der Waals surface area contributed by atoms with Crippen molar-refractivity contribution in [1.82, 2.24) is 4.98 Å². The number of hydrogen-bond donors (Lipinski definition) is 0. The van der Waals surface area contributed by atoms with Crippen molar-refractivity contribution < 1.29 is 0 Å². The number of nitrogens with zero attached hydrogens (tertiary/aromatic N) is 3. The van der Waals surface area contributed by atoms with Crippen LogP contribution in [0.2, 0.25) is 0 Å². The Morgan fingerprint density at radius 3 is 2.76 bits per heavy atom. The summed E-state index contributed by atoms with van der Waals surface area (Å²) in [5, 5.41) is 10.7. The van der Waals surface area contributed by atoms with Gasteiger partial charge in [0.25, 0.3) is 0 Å². The monoisotopic (exact) mass is 297 g/mol. The zero-order valence-electron chi connectivity index (χ0n) is 12.9. The van der Waals surface area contributed by atoms with Gasteiger partial charge in [0.05, 0.1) is 16.8 Å². The van der Waals surface area contributed by atoms with Crippen LogP contribution in [0.3, 0.4) is 0 Å². The van der Waals surface area contributed by atoms with Gasteiger partial charge in [-0.1, -0.05) is 0 Å². The first-order valence-electron chi connectivity index (χ1n) is 7.15. The van der Waals surface area contributed by atoms with Crippen molar-refractivity contribution in [3.8, 4) is 6.07 Å². The van der Waals surface area contributed by atoms with Gasteiger partial charge >= 0.3 is 0 Å². The van der Waals surface area contributed by atoms with E-state index in [-0.39, 0.29) is 5.54 Å². The average molecular weight is 297 g/mol. The average Bonchev–Trinajstić information content (AvgIpc) is 2.92. The second kappa shape index (κ2) is 4.92. The van der Waals surface area contributed by atoms with E-state index in [1.165, 1.54) is 10.5 Å². The summed E-state index contributed by atoms with van der Waals surface area (Å²) in [4.78, 5) is 8.04. The Balaban J connectivity index is 2.40. The van der Waals surface area contributed by atoms with E-state index in [0.717, 1.165) is 28.8 Å². The molecule has 0 aliphatic carbocycles. The Labute approximate surface area is 130 Å². The summed E-state index contributed by atoms with van der Waals surface area (Å²) in [6.07, 6.45) is 2.76. The van der Waals surface area contributed by atoms with E-state index in [0.29, 0.717) is 5.56 Å². The molecule has 0 unspecified atom stereocenters. The SMILES string of the molecule is CN(c1c(C#N)cnc2ccc3c(c12)CCS3)C(C)(C)C. The molecule has 0 saturated carbocycles. The lowest BCUT2D eigenvalue weighted by Crippen LogP contribution is -2.38. The van der Waals surface area contributed by atoms with Gasteiger partial charge in [-0.25, -0.2) is 0 Å². The number of aromatic nitrogens is 1. The van der Waals surface area contributed by atoms with Crippen LogP contribution in [0.15, 0.2) is 23.2 Å². The highest BCUT2D eigenvalue weighted by Crippen LogP contribution is 2.41. The Kier molecular flexibility index (Phi) is 3.33. The summed E-state index contributed by atoms with van der Waals surface area (Å²) in [5.41, 5.74) is 3.98. The summed E-state index contributed by atoms with van der Waals surface area (Å²) < 4.78 is 0. The number of nitriles is 1. The number of fused-ring (bicyclic) bond motifs is 3. The van der Waals surface area contributed by atoms with E-state index < -0.39 is 0 Å². The van der Waals surface area contributed by atoms with Crippen LogP contribution in [0.4, 0.5) is 5.69 Å². The molecule has 108 valence electrons. The molecule has 3 nitrogen and oxygen atoms in total. The second-order valence-corrected chi connectivity index (χ2v) is 7.53. The number of anilines is 1. The minimum atomic E-state index is -0.0473. The van der Waals surface area contributed by atoms with Gasteiger partial charge in [-0.05, 0) is 44.9 Å². The predicted octanol–water partition coefficient (Wildman–Crippen LogP) is 3.99. The highest BCUT2D eigenvalue weighted by atomic mass is 32.2. The summed E-state index contributed by atoms with van der Waals surface area (Å²) in [6.45, 7) is 6.50. The zero-order valence-corrected chi connectivity index (χ0v) is 13.7. The van der Waals surface area contributed by atoms with E-state index in [9.17, 15) is 5.26 Å². The molecule has 1 aliphatic rings. The van der Waals surface area contributed by atoms with Gasteiger partial charge in [0.15, 0.2) is 0 Å². The molecule has 3 rings (SSSR count). The molecule has 0 radical (unpaired) electrons. The van der Waals surface area contributed by atoms with Gasteiger partial charge in [-0.15, -0.1) is 11.8 Å². The summed E-state index contributed by atoms with van der Waals surface area (Å²) in [7, 11) is 2.07. The minimum absolute atomic E-state index is 0.0473. The van der Waals surface area contributed by atoms with Gasteiger partial charge in [-0.2, -0.15) is 5.26 Å². The number of thioether (sulfide) groups is 1. The van der Waals surface area contributed by atoms with Crippen molar-refractivity contribution in [3.63, 3.8) is 0 Å². The maximum absolute atomic E-state index is 9.52. The summed E-state index contributed by atoms with van der Waals surface area (Å²) >= 11 is 1.89. The van der Waals surface area contributed by atoms with E-state index in [4.69, 9.17) is 0 Å². The molecule has 4 heteroatoms. The number of pyridine rings is 1. The molecular formula is C17H19N3S. The largest absolute Gasteiger partial charge is 0.368 e. The fraction of sp³-hybridized carbons (Fsp3) is 0.412. The van der Waals surface area contributed by atoms with Gasteiger partial charge in [-0.3, -0.25) is 4.98 Å². The first kappa shape index (κ1) is 14.2. The summed E-state index contributed by atoms with van der Waals surface area (Å²) in [6, 6.07) is 6.56. The van der Waals surface area contributed by atoms with Crippen LogP contribution in [0.25, 0.3) is 10.9 Å². The molecule has 0 saturated heterocycles. The lowest BCUT2D eigenvalue weighted by Gasteiger charge is -2.35. The molecule has 2 aromatic rings. The molecule has 0 amide bonds. The molecule has 0 spiro atoms. The predicted molar refractivity (Wildman–Crippen MR) is 89.0 cm³/mol. The fourth-order valence-corrected chi connectivity index (χ4v) is 3.80. The first-order valence-corrected chi connectivity index (χ1v) is 8.13. The highest BCUT2D eigenvalue weighted by molar-refractivity contribution is 7.99. The van der Waals surface area contributed by atoms with Crippen LogP contribution in [0.5, 0.6) is 0 Å². The molecule has 0 N–H and O–H groups in total. The van der Waals surface area contributed by atoms with Crippen molar-refractivity contribution in [3.05, 3.63) is 29.5 Å². The van der Waals surface area contributed by atoms with Crippen molar-refractivity contribution in [1.29, 1.82) is 5.26 Å². The van der Waals surface area contributed by atoms with Crippen LogP contribution in [0, 0.1) is 11.3 Å². The zero-order chi connectivity index (χ0) is 15.2. The van der Waals surface area contributed by atoms with Crippen molar-refractivity contribution >= 4 is 28.4 Å². The summed E-state index contributed by atoms with van der Waals surface area (Å²) in [5.74, 6) is 1.11. The smallest absolute Gasteiger partial charge is 0.103 e. The number of aryl methyl sites for hydroxylation is 1. The van der Waals surface area contributed by atoms with Gasteiger partial charge < -0.3 is 4.90 Å². The molecule has 0 fully saturated rings. The van der Waals surface area contributed by atoms with Crippen molar-refractivity contribution in [2.45, 2.75) is 37.6 Å². The number of hydrogen-bond acceptors (Lipinski definition) is 4. The van der Waals surface area contributed by atoms with Crippen LogP contribution in [-0.2, 0) is 6.42 Å². The number of rotatable bonds is 1. The van der Waals surface area contributed by atoms with E-state index in [1.54, 1.807) is 6.20 Å². The molecule has 1 aliphatic heterocycles. The number of benzene rings is 1. The van der Waals surface area contributed by atoms with Crippen LogP contribution in [0.1, 0.15) is 31.9 Å². The third-order valence-corrected chi connectivity index (χ3v) is 5.25. The standard InChI is InChI=1S/C17H19N3S/c1-17(2,3)20(4)16-11(9-18)10-19-13-5-6-14-12(15(13)16)7-8-21-14/h5-6,10H,7-8H2,1-4H3. The molecule has 21 heavy (non-hydrogen) atoms. The van der Waals surface area contributed by atoms with Gasteiger partial charge in [0, 0.05) is 34.8 Å². The Hall–Kier alpha value is -1.73. The van der Waals surface area contributed by atoms with E-state index in [1.807, 2.05) is 11.8 Å². The maximum Gasteiger partial charge on any atom is 0.103 e. The van der Waals surface area contributed by atoms with Crippen molar-refractivity contribution in [2.75, 3.05) is 17.7 Å². The van der Waals surface area contributed by atoms with Crippen molar-refractivity contribution in [2.24, 2.45) is 0 Å². The van der Waals surface area contributed by atoms with Gasteiger partial charge in [0.1, 0.15) is 6.07 Å².